The molecule has 2 saturated heterocycles. The predicted octanol–water partition coefficient (Wildman–Crippen LogP) is 0.496. The number of rotatable bonds is 5. The second kappa shape index (κ2) is 4.53. The van der Waals surface area contributed by atoms with Gasteiger partial charge in [-0.25, -0.2) is 0 Å². The van der Waals surface area contributed by atoms with Gasteiger partial charge in [-0.1, -0.05) is 0 Å². The van der Waals surface area contributed by atoms with Crippen molar-refractivity contribution in [1.29, 1.82) is 0 Å². The van der Waals surface area contributed by atoms with Gasteiger partial charge in [-0.15, -0.1) is 0 Å². The lowest BCUT2D eigenvalue weighted by atomic mass is 9.88. The number of amides is 1. The Morgan fingerprint density at radius 1 is 1.28 bits per heavy atom. The number of carbonyl (C=O) groups is 2. The molecule has 0 aromatic heterocycles. The summed E-state index contributed by atoms with van der Waals surface area (Å²) in [6, 6.07) is 0.665. The Kier molecular flexibility index (Phi) is 3.01. The van der Waals surface area contributed by atoms with E-state index >= 15 is 0 Å². The minimum absolute atomic E-state index is 0.0544. The summed E-state index contributed by atoms with van der Waals surface area (Å²) in [5.41, 5.74) is 0. The molecule has 3 fully saturated rings. The fourth-order valence-electron chi connectivity index (χ4n) is 3.43. The SMILES string of the molecule is O=C(O)CC(NC(=O)C1CC2CCC1N2)C1CC1. The second-order valence-corrected chi connectivity index (χ2v) is 5.94. The van der Waals surface area contributed by atoms with Gasteiger partial charge in [0.05, 0.1) is 12.3 Å². The maximum atomic E-state index is 12.2. The molecule has 5 heteroatoms. The van der Waals surface area contributed by atoms with Crippen LogP contribution in [0.2, 0.25) is 0 Å². The van der Waals surface area contributed by atoms with Crippen LogP contribution in [-0.2, 0) is 9.59 Å². The summed E-state index contributed by atoms with van der Waals surface area (Å²) in [5.74, 6) is -0.318. The molecule has 2 aliphatic heterocycles. The normalized spacial score (nSPS) is 35.4. The van der Waals surface area contributed by atoms with Gasteiger partial charge in [0.15, 0.2) is 0 Å². The van der Waals surface area contributed by atoms with E-state index in [-0.39, 0.29) is 24.3 Å². The van der Waals surface area contributed by atoms with Gasteiger partial charge < -0.3 is 15.7 Å². The van der Waals surface area contributed by atoms with Crippen molar-refractivity contribution in [1.82, 2.24) is 10.6 Å². The van der Waals surface area contributed by atoms with Gasteiger partial charge in [-0.3, -0.25) is 9.59 Å². The molecule has 4 atom stereocenters. The molecule has 1 saturated carbocycles. The lowest BCUT2D eigenvalue weighted by molar-refractivity contribution is -0.138. The Labute approximate surface area is 106 Å². The molecule has 0 spiro atoms. The predicted molar refractivity (Wildman–Crippen MR) is 65.0 cm³/mol. The molecule has 0 aromatic carbocycles. The van der Waals surface area contributed by atoms with Crippen LogP contribution in [-0.4, -0.2) is 35.1 Å². The molecule has 0 aromatic rings. The van der Waals surface area contributed by atoms with Crippen molar-refractivity contribution in [3.63, 3.8) is 0 Å². The number of hydrogen-bond acceptors (Lipinski definition) is 3. The zero-order chi connectivity index (χ0) is 12.7. The van der Waals surface area contributed by atoms with E-state index in [2.05, 4.69) is 10.6 Å². The van der Waals surface area contributed by atoms with Crippen molar-refractivity contribution in [2.24, 2.45) is 11.8 Å². The number of fused-ring (bicyclic) bond motifs is 2. The molecular formula is C13H20N2O3. The highest BCUT2D eigenvalue weighted by molar-refractivity contribution is 5.81. The summed E-state index contributed by atoms with van der Waals surface area (Å²) in [6.45, 7) is 0. The summed E-state index contributed by atoms with van der Waals surface area (Å²) in [4.78, 5) is 23.0. The lowest BCUT2D eigenvalue weighted by Gasteiger charge is -2.23. The zero-order valence-electron chi connectivity index (χ0n) is 10.4. The van der Waals surface area contributed by atoms with E-state index in [9.17, 15) is 9.59 Å². The lowest BCUT2D eigenvalue weighted by Crippen LogP contribution is -2.44. The van der Waals surface area contributed by atoms with E-state index in [4.69, 9.17) is 5.11 Å². The average Bonchev–Trinajstić information content (AvgIpc) is 2.95. The summed E-state index contributed by atoms with van der Waals surface area (Å²) >= 11 is 0. The van der Waals surface area contributed by atoms with Crippen LogP contribution in [0.15, 0.2) is 0 Å². The van der Waals surface area contributed by atoms with Gasteiger partial charge >= 0.3 is 5.97 Å². The van der Waals surface area contributed by atoms with E-state index < -0.39 is 5.97 Å². The number of aliphatic carboxylic acids is 1. The van der Waals surface area contributed by atoms with Gasteiger partial charge in [0.25, 0.3) is 0 Å². The van der Waals surface area contributed by atoms with Crippen LogP contribution in [0, 0.1) is 11.8 Å². The Hall–Kier alpha value is -1.10. The smallest absolute Gasteiger partial charge is 0.305 e. The van der Waals surface area contributed by atoms with Crippen molar-refractivity contribution in [2.45, 2.75) is 56.7 Å². The third-order valence-electron chi connectivity index (χ3n) is 4.55. The molecule has 18 heavy (non-hydrogen) atoms. The van der Waals surface area contributed by atoms with Crippen LogP contribution in [0.3, 0.4) is 0 Å². The Bertz CT molecular complexity index is 367. The highest BCUT2D eigenvalue weighted by Crippen LogP contribution is 2.36. The van der Waals surface area contributed by atoms with Crippen LogP contribution in [0.25, 0.3) is 0 Å². The molecular weight excluding hydrogens is 232 g/mol. The first-order chi connectivity index (χ1) is 8.63. The van der Waals surface area contributed by atoms with E-state index in [0.717, 1.165) is 25.7 Å². The molecule has 0 radical (unpaired) electrons. The first-order valence-corrected chi connectivity index (χ1v) is 6.91. The molecule has 5 nitrogen and oxygen atoms in total. The number of nitrogens with one attached hydrogen (secondary N) is 2. The largest absolute Gasteiger partial charge is 0.481 e. The number of carboxylic acids is 1. The van der Waals surface area contributed by atoms with E-state index in [1.807, 2.05) is 0 Å². The van der Waals surface area contributed by atoms with Gasteiger partial charge in [-0.05, 0) is 38.0 Å². The number of carboxylic acid groups (broad SMARTS) is 1. The summed E-state index contributed by atoms with van der Waals surface area (Å²) in [7, 11) is 0. The van der Waals surface area contributed by atoms with Crippen molar-refractivity contribution in [3.05, 3.63) is 0 Å². The second-order valence-electron chi connectivity index (χ2n) is 5.94. The summed E-state index contributed by atoms with van der Waals surface area (Å²) in [5, 5.41) is 15.3. The first-order valence-electron chi connectivity index (χ1n) is 6.91. The van der Waals surface area contributed by atoms with E-state index in [1.165, 1.54) is 6.42 Å². The van der Waals surface area contributed by atoms with Crippen LogP contribution >= 0.6 is 0 Å². The first kappa shape index (κ1) is 12.0. The maximum absolute atomic E-state index is 12.2. The molecule has 4 unspecified atom stereocenters. The average molecular weight is 252 g/mol. The summed E-state index contributed by atoms with van der Waals surface area (Å²) < 4.78 is 0. The molecule has 3 rings (SSSR count). The molecule has 2 bridgehead atoms. The summed E-state index contributed by atoms with van der Waals surface area (Å²) in [6.07, 6.45) is 5.33. The van der Waals surface area contributed by atoms with Gasteiger partial charge in [0.1, 0.15) is 0 Å². The fraction of sp³-hybridized carbons (Fsp3) is 0.846. The number of hydrogen-bond donors (Lipinski definition) is 3. The highest BCUT2D eigenvalue weighted by atomic mass is 16.4. The third kappa shape index (κ3) is 2.36. The van der Waals surface area contributed by atoms with Crippen molar-refractivity contribution >= 4 is 11.9 Å². The van der Waals surface area contributed by atoms with Crippen molar-refractivity contribution in [2.75, 3.05) is 0 Å². The van der Waals surface area contributed by atoms with Gasteiger partial charge in [0.2, 0.25) is 5.91 Å². The zero-order valence-corrected chi connectivity index (χ0v) is 10.4. The van der Waals surface area contributed by atoms with E-state index in [1.54, 1.807) is 0 Å². The minimum Gasteiger partial charge on any atom is -0.481 e. The Balaban J connectivity index is 1.57. The molecule has 2 heterocycles. The van der Waals surface area contributed by atoms with Crippen molar-refractivity contribution in [3.8, 4) is 0 Å². The fourth-order valence-corrected chi connectivity index (χ4v) is 3.43. The van der Waals surface area contributed by atoms with E-state index in [0.29, 0.717) is 18.0 Å². The highest BCUT2D eigenvalue weighted by Gasteiger charge is 2.44. The molecule has 100 valence electrons. The Morgan fingerprint density at radius 3 is 2.56 bits per heavy atom. The topological polar surface area (TPSA) is 78.4 Å². The standard InChI is InChI=1S/C13H20N2O3/c16-12(17)6-11(7-1-2-7)15-13(18)9-5-8-3-4-10(9)14-8/h7-11,14H,1-6H2,(H,15,18)(H,16,17). The number of carbonyl (C=O) groups excluding carboxylic acids is 1. The van der Waals surface area contributed by atoms with Gasteiger partial charge in [0, 0.05) is 18.1 Å². The van der Waals surface area contributed by atoms with Crippen LogP contribution < -0.4 is 10.6 Å². The molecule has 1 amide bonds. The molecule has 1 aliphatic carbocycles. The minimum atomic E-state index is -0.821. The molecule has 3 aliphatic rings. The quantitative estimate of drug-likeness (QED) is 0.665. The Morgan fingerprint density at radius 2 is 2.06 bits per heavy atom. The van der Waals surface area contributed by atoms with Crippen LogP contribution in [0.5, 0.6) is 0 Å². The molecule has 3 N–H and O–H groups in total. The van der Waals surface area contributed by atoms with Crippen LogP contribution in [0.1, 0.15) is 38.5 Å². The monoisotopic (exact) mass is 252 g/mol. The maximum Gasteiger partial charge on any atom is 0.305 e. The van der Waals surface area contributed by atoms with Crippen molar-refractivity contribution < 1.29 is 14.7 Å². The van der Waals surface area contributed by atoms with Gasteiger partial charge in [-0.2, -0.15) is 0 Å². The van der Waals surface area contributed by atoms with Crippen LogP contribution in [0.4, 0.5) is 0 Å². The third-order valence-corrected chi connectivity index (χ3v) is 4.55.